The van der Waals surface area contributed by atoms with Gasteiger partial charge in [-0.2, -0.15) is 0 Å². The maximum Gasteiger partial charge on any atom is 0.0441 e. The second-order valence-electron chi connectivity index (χ2n) is 7.50. The minimum absolute atomic E-state index is 0.778. The van der Waals surface area contributed by atoms with Gasteiger partial charge in [-0.25, -0.2) is 0 Å². The van der Waals surface area contributed by atoms with Crippen LogP contribution in [-0.2, 0) is 0 Å². The molecule has 0 saturated heterocycles. The molecule has 0 spiro atoms. The molecule has 0 amide bonds. The highest BCUT2D eigenvalue weighted by Crippen LogP contribution is 2.30. The quantitative estimate of drug-likeness (QED) is 0.263. The zero-order chi connectivity index (χ0) is 18.5. The van der Waals surface area contributed by atoms with Crippen molar-refractivity contribution < 1.29 is 0 Å². The molecule has 5 N–H and O–H groups in total. The van der Waals surface area contributed by atoms with Crippen molar-refractivity contribution in [3.63, 3.8) is 0 Å². The van der Waals surface area contributed by atoms with Crippen LogP contribution in [0.5, 0.6) is 0 Å². The molecule has 0 radical (unpaired) electrons. The molecular weight excluding hydrogens is 306 g/mol. The van der Waals surface area contributed by atoms with Gasteiger partial charge in [0.1, 0.15) is 0 Å². The SMILES string of the molecule is CCCCCCCCCCCCCCNc1c(C)c(N)cc(N)c1C. The summed E-state index contributed by atoms with van der Waals surface area (Å²) in [6, 6.07) is 1.86. The fraction of sp³-hybridized carbons (Fsp3) is 0.727. The molecule has 0 saturated carbocycles. The molecule has 144 valence electrons. The second-order valence-corrected chi connectivity index (χ2v) is 7.50. The van der Waals surface area contributed by atoms with E-state index >= 15 is 0 Å². The van der Waals surface area contributed by atoms with Gasteiger partial charge in [-0.15, -0.1) is 0 Å². The summed E-state index contributed by atoms with van der Waals surface area (Å²) in [7, 11) is 0. The smallest absolute Gasteiger partial charge is 0.0441 e. The van der Waals surface area contributed by atoms with E-state index < -0.39 is 0 Å². The van der Waals surface area contributed by atoms with E-state index in [1.165, 1.54) is 77.0 Å². The van der Waals surface area contributed by atoms with E-state index in [1.807, 2.05) is 6.07 Å². The second kappa shape index (κ2) is 12.9. The van der Waals surface area contributed by atoms with Crippen molar-refractivity contribution in [3.8, 4) is 0 Å². The monoisotopic (exact) mass is 347 g/mol. The largest absolute Gasteiger partial charge is 0.398 e. The molecule has 0 fully saturated rings. The van der Waals surface area contributed by atoms with Gasteiger partial charge in [0.05, 0.1) is 0 Å². The van der Waals surface area contributed by atoms with Crippen LogP contribution < -0.4 is 16.8 Å². The molecule has 0 aliphatic heterocycles. The summed E-state index contributed by atoms with van der Waals surface area (Å²) in [5.74, 6) is 0. The number of unbranched alkanes of at least 4 members (excludes halogenated alkanes) is 11. The van der Waals surface area contributed by atoms with Crippen LogP contribution >= 0.6 is 0 Å². The first kappa shape index (κ1) is 21.7. The van der Waals surface area contributed by atoms with Crippen LogP contribution in [0.4, 0.5) is 17.1 Å². The Morgan fingerprint density at radius 2 is 1.08 bits per heavy atom. The van der Waals surface area contributed by atoms with Gasteiger partial charge in [0.25, 0.3) is 0 Å². The number of hydrogen-bond donors (Lipinski definition) is 3. The summed E-state index contributed by atoms with van der Waals surface area (Å²) < 4.78 is 0. The first-order valence-corrected chi connectivity index (χ1v) is 10.5. The standard InChI is InChI=1S/C22H41N3/c1-4-5-6-7-8-9-10-11-12-13-14-15-16-25-22-18(2)20(23)17-21(24)19(22)3/h17,25H,4-16,23-24H2,1-3H3. The van der Waals surface area contributed by atoms with Crippen LogP contribution in [0.15, 0.2) is 6.07 Å². The van der Waals surface area contributed by atoms with E-state index in [0.29, 0.717) is 0 Å². The molecule has 1 rings (SSSR count). The molecule has 0 aromatic heterocycles. The summed E-state index contributed by atoms with van der Waals surface area (Å²) in [4.78, 5) is 0. The van der Waals surface area contributed by atoms with Crippen molar-refractivity contribution in [1.29, 1.82) is 0 Å². The number of anilines is 3. The van der Waals surface area contributed by atoms with Gasteiger partial charge in [0.15, 0.2) is 0 Å². The molecular formula is C22H41N3. The molecule has 1 aromatic rings. The maximum atomic E-state index is 6.01. The maximum absolute atomic E-state index is 6.01. The molecule has 1 aromatic carbocycles. The highest BCUT2D eigenvalue weighted by atomic mass is 14.9. The van der Waals surface area contributed by atoms with Crippen LogP contribution in [-0.4, -0.2) is 6.54 Å². The van der Waals surface area contributed by atoms with Crippen molar-refractivity contribution in [2.24, 2.45) is 0 Å². The molecule has 3 nitrogen and oxygen atoms in total. The zero-order valence-electron chi connectivity index (χ0n) is 16.9. The summed E-state index contributed by atoms with van der Waals surface area (Å²) in [6.07, 6.45) is 16.6. The first-order valence-electron chi connectivity index (χ1n) is 10.5. The Morgan fingerprint density at radius 1 is 0.680 bits per heavy atom. The van der Waals surface area contributed by atoms with Crippen LogP contribution in [0.1, 0.15) is 95.1 Å². The van der Waals surface area contributed by atoms with Crippen molar-refractivity contribution >= 4 is 17.1 Å². The Hall–Kier alpha value is -1.38. The van der Waals surface area contributed by atoms with E-state index in [-0.39, 0.29) is 0 Å². The molecule has 0 aliphatic rings. The average Bonchev–Trinajstić information content (AvgIpc) is 2.60. The van der Waals surface area contributed by atoms with Crippen LogP contribution in [0.3, 0.4) is 0 Å². The molecule has 0 bridgehead atoms. The molecule has 25 heavy (non-hydrogen) atoms. The molecule has 0 unspecified atom stereocenters. The van der Waals surface area contributed by atoms with Gasteiger partial charge < -0.3 is 16.8 Å². The van der Waals surface area contributed by atoms with Crippen LogP contribution in [0.25, 0.3) is 0 Å². The summed E-state index contributed by atoms with van der Waals surface area (Å²) >= 11 is 0. The van der Waals surface area contributed by atoms with E-state index in [2.05, 4.69) is 26.1 Å². The van der Waals surface area contributed by atoms with Crippen molar-refractivity contribution in [2.75, 3.05) is 23.3 Å². The van der Waals surface area contributed by atoms with E-state index in [0.717, 1.165) is 34.7 Å². The van der Waals surface area contributed by atoms with Gasteiger partial charge in [-0.3, -0.25) is 0 Å². The highest BCUT2D eigenvalue weighted by molar-refractivity contribution is 5.75. The number of nitrogen functional groups attached to an aromatic ring is 2. The topological polar surface area (TPSA) is 64.1 Å². The predicted molar refractivity (Wildman–Crippen MR) is 114 cm³/mol. The van der Waals surface area contributed by atoms with Crippen LogP contribution in [0.2, 0.25) is 0 Å². The molecule has 3 heteroatoms. The normalized spacial score (nSPS) is 11.0. The third-order valence-corrected chi connectivity index (χ3v) is 5.26. The van der Waals surface area contributed by atoms with Gasteiger partial charge >= 0.3 is 0 Å². The van der Waals surface area contributed by atoms with Crippen molar-refractivity contribution in [3.05, 3.63) is 17.2 Å². The van der Waals surface area contributed by atoms with E-state index in [1.54, 1.807) is 0 Å². The summed E-state index contributed by atoms with van der Waals surface area (Å²) in [5, 5.41) is 3.54. The predicted octanol–water partition coefficient (Wildman–Crippen LogP) is 6.58. The zero-order valence-corrected chi connectivity index (χ0v) is 16.9. The minimum atomic E-state index is 0.778. The van der Waals surface area contributed by atoms with Crippen LogP contribution in [0, 0.1) is 13.8 Å². The van der Waals surface area contributed by atoms with E-state index in [4.69, 9.17) is 11.5 Å². The molecule has 0 atom stereocenters. The number of nitrogens with one attached hydrogen (secondary N) is 1. The molecule has 0 heterocycles. The van der Waals surface area contributed by atoms with Gasteiger partial charge in [-0.05, 0) is 37.5 Å². The summed E-state index contributed by atoms with van der Waals surface area (Å²) in [6.45, 7) is 7.41. The lowest BCUT2D eigenvalue weighted by Gasteiger charge is -2.16. The van der Waals surface area contributed by atoms with Gasteiger partial charge in [-0.1, -0.05) is 77.6 Å². The lowest BCUT2D eigenvalue weighted by molar-refractivity contribution is 0.546. The van der Waals surface area contributed by atoms with Gasteiger partial charge in [0.2, 0.25) is 0 Å². The molecule has 0 aliphatic carbocycles. The van der Waals surface area contributed by atoms with Crippen molar-refractivity contribution in [2.45, 2.75) is 97.8 Å². The number of benzene rings is 1. The average molecular weight is 348 g/mol. The van der Waals surface area contributed by atoms with Gasteiger partial charge in [0, 0.05) is 23.6 Å². The Kier molecular flexibility index (Phi) is 11.2. The van der Waals surface area contributed by atoms with Crippen molar-refractivity contribution in [1.82, 2.24) is 0 Å². The first-order chi connectivity index (χ1) is 12.1. The Bertz CT molecular complexity index is 456. The number of nitrogens with two attached hydrogens (primary N) is 2. The fourth-order valence-electron chi connectivity index (χ4n) is 3.40. The lowest BCUT2D eigenvalue weighted by atomic mass is 10.0. The summed E-state index contributed by atoms with van der Waals surface area (Å²) in [5.41, 5.74) is 16.9. The Morgan fingerprint density at radius 3 is 1.52 bits per heavy atom. The number of rotatable bonds is 14. The minimum Gasteiger partial charge on any atom is -0.398 e. The highest BCUT2D eigenvalue weighted by Gasteiger charge is 2.08. The Labute approximate surface area is 156 Å². The number of hydrogen-bond acceptors (Lipinski definition) is 3. The Balaban J connectivity index is 2.03. The van der Waals surface area contributed by atoms with E-state index in [9.17, 15) is 0 Å². The lowest BCUT2D eigenvalue weighted by Crippen LogP contribution is -2.08. The third-order valence-electron chi connectivity index (χ3n) is 5.26. The fourth-order valence-corrected chi connectivity index (χ4v) is 3.40. The third kappa shape index (κ3) is 8.51.